The monoisotopic (exact) mass is 868 g/mol. The molecule has 3 fully saturated rings. The Bertz CT molecular complexity index is 2690. The molecule has 64 heavy (non-hydrogen) atoms. The first-order chi connectivity index (χ1) is 30.8. The number of hydrogen-bond acceptors (Lipinski definition) is 12. The normalized spacial score (nSPS) is 17.2. The van der Waals surface area contributed by atoms with Crippen molar-refractivity contribution >= 4 is 46.1 Å². The number of nitrogens with one attached hydrogen (secondary N) is 3. The lowest BCUT2D eigenvalue weighted by Gasteiger charge is -2.39. The maximum atomic E-state index is 15.1. The third-order valence-corrected chi connectivity index (χ3v) is 12.6. The topological polar surface area (TPSA) is 182 Å². The summed E-state index contributed by atoms with van der Waals surface area (Å²) < 4.78 is 20.4. The molecule has 1 atom stereocenters. The van der Waals surface area contributed by atoms with Crippen molar-refractivity contribution < 1.29 is 23.3 Å². The summed E-state index contributed by atoms with van der Waals surface area (Å²) >= 11 is 0. The van der Waals surface area contributed by atoms with E-state index >= 15 is 4.39 Å². The van der Waals surface area contributed by atoms with Gasteiger partial charge in [-0.2, -0.15) is 4.98 Å². The highest BCUT2D eigenvalue weighted by Gasteiger charge is 2.29. The van der Waals surface area contributed by atoms with Gasteiger partial charge in [-0.25, -0.2) is 24.1 Å². The fraction of sp³-hybridized carbons (Fsp3) is 0.404. The highest BCUT2D eigenvalue weighted by molar-refractivity contribution is 6.05. The molecule has 7 heterocycles. The number of benzene rings is 2. The van der Waals surface area contributed by atoms with E-state index in [0.717, 1.165) is 115 Å². The molecule has 0 aliphatic carbocycles. The van der Waals surface area contributed by atoms with Gasteiger partial charge in [0, 0.05) is 98.3 Å². The maximum absolute atomic E-state index is 15.1. The number of fused-ring (bicyclic) bond motifs is 1. The summed E-state index contributed by atoms with van der Waals surface area (Å²) in [6, 6.07) is 16.5. The average Bonchev–Trinajstić information content (AvgIpc) is 3.97. The van der Waals surface area contributed by atoms with Crippen LogP contribution in [0.1, 0.15) is 80.6 Å². The minimum Gasteiger partial charge on any atom is -0.371 e. The summed E-state index contributed by atoms with van der Waals surface area (Å²) in [7, 11) is 0. The Morgan fingerprint density at radius 1 is 0.922 bits per heavy atom. The van der Waals surface area contributed by atoms with Gasteiger partial charge < -0.3 is 24.6 Å². The number of anilines is 3. The van der Waals surface area contributed by atoms with Gasteiger partial charge >= 0.3 is 17.8 Å². The van der Waals surface area contributed by atoms with Crippen LogP contribution in [0.25, 0.3) is 33.5 Å². The van der Waals surface area contributed by atoms with E-state index in [4.69, 9.17) is 9.51 Å². The van der Waals surface area contributed by atoms with Crippen molar-refractivity contribution in [3.63, 3.8) is 0 Å². The predicted molar refractivity (Wildman–Crippen MR) is 242 cm³/mol. The first-order valence-corrected chi connectivity index (χ1v) is 22.0. The number of carbonyl (C=O) groups excluding carboxylic acids is 3. The Kier molecular flexibility index (Phi) is 11.6. The van der Waals surface area contributed by atoms with Crippen LogP contribution >= 0.6 is 0 Å². The predicted octanol–water partition coefficient (Wildman–Crippen LogP) is 6.79. The van der Waals surface area contributed by atoms with Crippen molar-refractivity contribution in [3.8, 4) is 22.5 Å². The number of rotatable bonds is 10. The molecule has 17 heteroatoms. The molecule has 2 aromatic carbocycles. The minimum absolute atomic E-state index is 0.0570. The quantitative estimate of drug-likeness (QED) is 0.131. The summed E-state index contributed by atoms with van der Waals surface area (Å²) in [5.74, 6) is 0.722. The van der Waals surface area contributed by atoms with E-state index < -0.39 is 17.8 Å². The standard InChI is InChI=1S/C47H53FN12O4/c1-28-22-31(6-9-34(28)29(2)52-43(62)44-55-45(56-64-44)47(3,4)5)41-35-24-37(53-42(35)51-27-50-41)32-7-11-39(49-25-32)59-20-18-57(19-21-59)26-30-12-15-58(16-13-30)33-8-10-38(36(48)23-33)60-17-14-40(61)54-46(60)63/h6-11,22-25,27,29-30H,12-21,26H2,1-5H3,(H,52,62)(H,50,51,53)(H,54,61,63)/t29-/m1/s1. The summed E-state index contributed by atoms with van der Waals surface area (Å²) in [5.41, 5.74) is 6.97. The van der Waals surface area contributed by atoms with Gasteiger partial charge in [-0.05, 0) is 86.2 Å². The molecule has 3 aliphatic rings. The van der Waals surface area contributed by atoms with Gasteiger partial charge in [0.1, 0.15) is 23.6 Å². The zero-order valence-electron chi connectivity index (χ0n) is 36.8. The Morgan fingerprint density at radius 2 is 1.70 bits per heavy atom. The van der Waals surface area contributed by atoms with E-state index in [9.17, 15) is 14.4 Å². The third kappa shape index (κ3) is 8.89. The van der Waals surface area contributed by atoms with Crippen LogP contribution in [-0.2, 0) is 10.2 Å². The number of urea groups is 1. The van der Waals surface area contributed by atoms with Gasteiger partial charge in [0.25, 0.3) is 0 Å². The number of piperazine rings is 1. The van der Waals surface area contributed by atoms with Crippen molar-refractivity contribution in [1.29, 1.82) is 0 Å². The van der Waals surface area contributed by atoms with E-state index in [0.29, 0.717) is 11.7 Å². The van der Waals surface area contributed by atoms with Crippen molar-refractivity contribution in [2.75, 3.05) is 67.1 Å². The fourth-order valence-electron chi connectivity index (χ4n) is 8.93. The molecular weight excluding hydrogens is 816 g/mol. The van der Waals surface area contributed by atoms with Crippen LogP contribution < -0.4 is 25.3 Å². The molecule has 4 aromatic heterocycles. The number of amides is 4. The van der Waals surface area contributed by atoms with Gasteiger partial charge in [0.2, 0.25) is 5.91 Å². The van der Waals surface area contributed by atoms with Gasteiger partial charge in [0.05, 0.1) is 17.4 Å². The SMILES string of the molecule is Cc1cc(-c2ncnc3[nH]c(-c4ccc(N5CCN(CC6CCN(c7ccc(N8CCC(=O)NC8=O)c(F)c7)CC6)CC5)nc4)cc23)ccc1[C@@H](C)NC(=O)c1nc(C(C)(C)C)no1. The van der Waals surface area contributed by atoms with Crippen LogP contribution in [0.4, 0.5) is 26.4 Å². The number of H-pyrrole nitrogens is 1. The van der Waals surface area contributed by atoms with Crippen molar-refractivity contribution in [1.82, 2.24) is 45.6 Å². The van der Waals surface area contributed by atoms with Crippen LogP contribution in [0.5, 0.6) is 0 Å². The van der Waals surface area contributed by atoms with E-state index in [2.05, 4.69) is 74.7 Å². The number of aryl methyl sites for hydroxylation is 1. The second-order valence-electron chi connectivity index (χ2n) is 18.1. The number of aromatic amines is 1. The summed E-state index contributed by atoms with van der Waals surface area (Å²) in [6.07, 6.45) is 5.68. The lowest BCUT2D eigenvalue weighted by molar-refractivity contribution is -0.120. The molecule has 3 aliphatic heterocycles. The number of halogens is 1. The number of nitrogens with zero attached hydrogens (tertiary/aromatic N) is 9. The van der Waals surface area contributed by atoms with Gasteiger partial charge in [-0.1, -0.05) is 38.1 Å². The minimum atomic E-state index is -0.586. The number of pyridine rings is 1. The maximum Gasteiger partial charge on any atom is 0.328 e. The Hall–Kier alpha value is -6.75. The number of aromatic nitrogens is 6. The molecule has 6 aromatic rings. The zero-order valence-corrected chi connectivity index (χ0v) is 36.8. The lowest BCUT2D eigenvalue weighted by Crippen LogP contribution is -2.50. The summed E-state index contributed by atoms with van der Waals surface area (Å²) in [4.78, 5) is 66.9. The third-order valence-electron chi connectivity index (χ3n) is 12.6. The molecule has 4 amide bonds. The number of piperidine rings is 1. The van der Waals surface area contributed by atoms with E-state index in [1.165, 1.54) is 11.0 Å². The van der Waals surface area contributed by atoms with Crippen LogP contribution in [0.3, 0.4) is 0 Å². The molecule has 3 N–H and O–H groups in total. The van der Waals surface area contributed by atoms with Crippen molar-refractivity contribution in [2.24, 2.45) is 5.92 Å². The van der Waals surface area contributed by atoms with Crippen LogP contribution in [0.2, 0.25) is 0 Å². The highest BCUT2D eigenvalue weighted by Crippen LogP contribution is 2.33. The van der Waals surface area contributed by atoms with Gasteiger partial charge in [-0.15, -0.1) is 0 Å². The van der Waals surface area contributed by atoms with Gasteiger partial charge in [0.15, 0.2) is 5.82 Å². The molecule has 332 valence electrons. The number of imide groups is 1. The first kappa shape index (κ1) is 42.5. The molecule has 0 radical (unpaired) electrons. The Labute approximate surface area is 370 Å². The Balaban J connectivity index is 0.771. The zero-order chi connectivity index (χ0) is 44.7. The molecule has 9 rings (SSSR count). The molecular formula is C47H53FN12O4. The summed E-state index contributed by atoms with van der Waals surface area (Å²) in [6.45, 7) is 16.4. The lowest BCUT2D eigenvalue weighted by atomic mass is 9.95. The number of carbonyl (C=O) groups is 3. The second kappa shape index (κ2) is 17.4. The van der Waals surface area contributed by atoms with Crippen LogP contribution in [0.15, 0.2) is 71.6 Å². The fourth-order valence-corrected chi connectivity index (χ4v) is 8.93. The van der Waals surface area contributed by atoms with E-state index in [1.54, 1.807) is 12.4 Å². The Morgan fingerprint density at radius 3 is 2.39 bits per heavy atom. The first-order valence-electron chi connectivity index (χ1n) is 22.0. The molecule has 0 unspecified atom stereocenters. The largest absolute Gasteiger partial charge is 0.371 e. The molecule has 3 saturated heterocycles. The van der Waals surface area contributed by atoms with Crippen molar-refractivity contribution in [2.45, 2.75) is 65.3 Å². The van der Waals surface area contributed by atoms with Gasteiger partial charge in [-0.3, -0.25) is 24.7 Å². The smallest absolute Gasteiger partial charge is 0.328 e. The van der Waals surface area contributed by atoms with Crippen LogP contribution in [-0.4, -0.2) is 105 Å². The average molecular weight is 869 g/mol. The van der Waals surface area contributed by atoms with Crippen molar-refractivity contribution in [3.05, 3.63) is 95.8 Å². The second-order valence-corrected chi connectivity index (χ2v) is 18.1. The summed E-state index contributed by atoms with van der Waals surface area (Å²) in [5, 5.41) is 10.1. The van der Waals surface area contributed by atoms with Crippen LogP contribution in [0, 0.1) is 18.7 Å². The highest BCUT2D eigenvalue weighted by atomic mass is 19.1. The van der Waals surface area contributed by atoms with E-state index in [-0.39, 0.29) is 41.9 Å². The molecule has 0 saturated carbocycles. The molecule has 0 spiro atoms. The van der Waals surface area contributed by atoms with E-state index in [1.807, 2.05) is 59.0 Å². The molecule has 16 nitrogen and oxygen atoms in total. The molecule has 0 bridgehead atoms. The number of hydrogen-bond donors (Lipinski definition) is 3.